The van der Waals surface area contributed by atoms with Gasteiger partial charge in [0, 0.05) is 18.4 Å². The zero-order chi connectivity index (χ0) is 18.1. The molecule has 3 aromatic rings. The van der Waals surface area contributed by atoms with Crippen LogP contribution in [-0.4, -0.2) is 36.9 Å². The fourth-order valence-electron chi connectivity index (χ4n) is 3.45. The normalized spacial score (nSPS) is 20.2. The van der Waals surface area contributed by atoms with Crippen LogP contribution in [0.1, 0.15) is 27.1 Å². The first-order chi connectivity index (χ1) is 12.6. The van der Waals surface area contributed by atoms with Crippen LogP contribution in [0.4, 0.5) is 5.13 Å². The van der Waals surface area contributed by atoms with Crippen molar-refractivity contribution in [3.8, 4) is 11.4 Å². The van der Waals surface area contributed by atoms with Crippen LogP contribution in [0.3, 0.4) is 0 Å². The summed E-state index contributed by atoms with van der Waals surface area (Å²) in [4.78, 5) is 39.9. The molecule has 8 nitrogen and oxygen atoms in total. The highest BCUT2D eigenvalue weighted by molar-refractivity contribution is 7.14. The molecular weight excluding hydrogens is 354 g/mol. The van der Waals surface area contributed by atoms with E-state index >= 15 is 0 Å². The highest BCUT2D eigenvalue weighted by atomic mass is 32.1. The molecule has 0 saturated heterocycles. The van der Waals surface area contributed by atoms with Gasteiger partial charge in [-0.1, -0.05) is 12.8 Å². The molecule has 9 heteroatoms. The molecule has 3 N–H and O–H groups in total. The number of nitrogens with one attached hydrogen (secondary N) is 2. The van der Waals surface area contributed by atoms with E-state index in [1.807, 2.05) is 11.4 Å². The van der Waals surface area contributed by atoms with Gasteiger partial charge in [0.1, 0.15) is 23.4 Å². The standard InChI is InChI=1S/C17H17N5O3S.H2/c23-15(9-3-1-2-4-10(9)16(24)25)22-17-21-12(7-26-17)13-11-5-6-18-14(11)20-8-19-13;/h5-10H,1-4H2,(H,24,25)(H,18,19,20)(H,21,22,23);1H. The highest BCUT2D eigenvalue weighted by Gasteiger charge is 2.36. The summed E-state index contributed by atoms with van der Waals surface area (Å²) in [6, 6.07) is 1.88. The minimum Gasteiger partial charge on any atom is -0.481 e. The van der Waals surface area contributed by atoms with Gasteiger partial charge in [0.05, 0.1) is 11.8 Å². The van der Waals surface area contributed by atoms with Crippen LogP contribution in [0.15, 0.2) is 24.0 Å². The average Bonchev–Trinajstić information content (AvgIpc) is 3.30. The lowest BCUT2D eigenvalue weighted by Crippen LogP contribution is -2.36. The number of nitrogens with zero attached hydrogens (tertiary/aromatic N) is 3. The quantitative estimate of drug-likeness (QED) is 0.646. The van der Waals surface area contributed by atoms with Crippen LogP contribution in [0, 0.1) is 11.8 Å². The van der Waals surface area contributed by atoms with Gasteiger partial charge in [-0.15, -0.1) is 11.3 Å². The van der Waals surface area contributed by atoms with E-state index < -0.39 is 17.8 Å². The van der Waals surface area contributed by atoms with E-state index in [-0.39, 0.29) is 7.33 Å². The minimum atomic E-state index is -0.902. The Hall–Kier alpha value is -2.81. The molecule has 0 bridgehead atoms. The number of rotatable bonds is 4. The van der Waals surface area contributed by atoms with Gasteiger partial charge >= 0.3 is 5.97 Å². The van der Waals surface area contributed by atoms with Crippen molar-refractivity contribution in [1.82, 2.24) is 19.9 Å². The summed E-state index contributed by atoms with van der Waals surface area (Å²) in [6.45, 7) is 0. The smallest absolute Gasteiger partial charge is 0.307 e. The second-order valence-electron chi connectivity index (χ2n) is 6.33. The minimum absolute atomic E-state index is 0. The topological polar surface area (TPSA) is 121 Å². The molecule has 0 aliphatic heterocycles. The first-order valence-corrected chi connectivity index (χ1v) is 9.29. The maximum Gasteiger partial charge on any atom is 0.307 e. The van der Waals surface area contributed by atoms with E-state index in [0.717, 1.165) is 23.9 Å². The second-order valence-corrected chi connectivity index (χ2v) is 7.18. The third-order valence-corrected chi connectivity index (χ3v) is 5.51. The van der Waals surface area contributed by atoms with Crippen LogP contribution >= 0.6 is 11.3 Å². The van der Waals surface area contributed by atoms with E-state index in [2.05, 4.69) is 25.3 Å². The number of H-pyrrole nitrogens is 1. The van der Waals surface area contributed by atoms with Gasteiger partial charge in [-0.25, -0.2) is 15.0 Å². The van der Waals surface area contributed by atoms with Crippen LogP contribution in [0.25, 0.3) is 22.4 Å². The third-order valence-electron chi connectivity index (χ3n) is 4.75. The first kappa shape index (κ1) is 16.6. The number of fused-ring (bicyclic) bond motifs is 1. The monoisotopic (exact) mass is 373 g/mol. The van der Waals surface area contributed by atoms with E-state index in [0.29, 0.717) is 29.4 Å². The number of aromatic nitrogens is 4. The Labute approximate surface area is 154 Å². The Morgan fingerprint density at radius 3 is 2.88 bits per heavy atom. The van der Waals surface area contributed by atoms with Crippen molar-refractivity contribution in [1.29, 1.82) is 0 Å². The number of hydrogen-bond donors (Lipinski definition) is 3. The lowest BCUT2D eigenvalue weighted by atomic mass is 9.79. The maximum atomic E-state index is 12.6. The van der Waals surface area contributed by atoms with Gasteiger partial charge < -0.3 is 15.4 Å². The van der Waals surface area contributed by atoms with E-state index in [1.165, 1.54) is 17.7 Å². The van der Waals surface area contributed by atoms with Crippen LogP contribution in [0.2, 0.25) is 0 Å². The lowest BCUT2D eigenvalue weighted by Gasteiger charge is -2.26. The molecular formula is C17H19N5O3S. The van der Waals surface area contributed by atoms with E-state index in [1.54, 1.807) is 6.20 Å². The first-order valence-electron chi connectivity index (χ1n) is 8.41. The van der Waals surface area contributed by atoms with Crippen molar-refractivity contribution < 1.29 is 16.1 Å². The van der Waals surface area contributed by atoms with Crippen molar-refractivity contribution in [2.75, 3.05) is 5.32 Å². The fraction of sp³-hybridized carbons (Fsp3) is 0.353. The van der Waals surface area contributed by atoms with Gasteiger partial charge in [0.2, 0.25) is 5.91 Å². The number of carbonyl (C=O) groups is 2. The van der Waals surface area contributed by atoms with Gasteiger partial charge in [-0.2, -0.15) is 0 Å². The molecule has 1 fully saturated rings. The van der Waals surface area contributed by atoms with Crippen molar-refractivity contribution >= 4 is 39.4 Å². The summed E-state index contributed by atoms with van der Waals surface area (Å²) in [6.07, 6.45) is 6.11. The number of aromatic amines is 1. The van der Waals surface area contributed by atoms with Gasteiger partial charge in [0.15, 0.2) is 5.13 Å². The molecule has 3 aromatic heterocycles. The van der Waals surface area contributed by atoms with Crippen molar-refractivity contribution in [2.45, 2.75) is 25.7 Å². The zero-order valence-electron chi connectivity index (χ0n) is 13.8. The number of carboxylic acids is 1. The molecule has 1 aliphatic carbocycles. The van der Waals surface area contributed by atoms with E-state index in [4.69, 9.17) is 0 Å². The predicted molar refractivity (Wildman–Crippen MR) is 98.8 cm³/mol. The Bertz CT molecular complexity index is 972. The predicted octanol–water partition coefficient (Wildman–Crippen LogP) is 3.16. The van der Waals surface area contributed by atoms with Crippen molar-refractivity contribution in [3.05, 3.63) is 24.0 Å². The molecule has 0 aromatic carbocycles. The summed E-state index contributed by atoms with van der Waals surface area (Å²) in [7, 11) is 0. The highest BCUT2D eigenvalue weighted by Crippen LogP contribution is 2.33. The summed E-state index contributed by atoms with van der Waals surface area (Å²) < 4.78 is 0. The largest absolute Gasteiger partial charge is 0.481 e. The number of anilines is 1. The number of thiazole rings is 1. The summed E-state index contributed by atoms with van der Waals surface area (Å²) in [5, 5.41) is 15.3. The van der Waals surface area contributed by atoms with E-state index in [9.17, 15) is 14.7 Å². The maximum absolute atomic E-state index is 12.6. The van der Waals surface area contributed by atoms with Gasteiger partial charge in [-0.3, -0.25) is 9.59 Å². The average molecular weight is 373 g/mol. The lowest BCUT2D eigenvalue weighted by molar-refractivity contribution is -0.147. The van der Waals surface area contributed by atoms with Crippen molar-refractivity contribution in [2.24, 2.45) is 11.8 Å². The number of hydrogen-bond acceptors (Lipinski definition) is 6. The van der Waals surface area contributed by atoms with Crippen LogP contribution in [0.5, 0.6) is 0 Å². The van der Waals surface area contributed by atoms with Gasteiger partial charge in [-0.05, 0) is 18.9 Å². The molecule has 2 atom stereocenters. The zero-order valence-corrected chi connectivity index (χ0v) is 14.6. The number of carbonyl (C=O) groups excluding carboxylic acids is 1. The summed E-state index contributed by atoms with van der Waals surface area (Å²) in [5.74, 6) is -2.30. The van der Waals surface area contributed by atoms with Crippen molar-refractivity contribution in [3.63, 3.8) is 0 Å². The molecule has 1 aliphatic rings. The van der Waals surface area contributed by atoms with Crippen LogP contribution < -0.4 is 5.32 Å². The third kappa shape index (κ3) is 3.05. The molecule has 4 rings (SSSR count). The SMILES string of the molecule is O=C(O)C1CCCCC1C(=O)Nc1nc(-c2ncnc3[nH]ccc23)cs1.[HH]. The molecule has 136 valence electrons. The number of aliphatic carboxylic acids is 1. The molecule has 26 heavy (non-hydrogen) atoms. The Balaban J connectivity index is 0.00000210. The van der Waals surface area contributed by atoms with Crippen LogP contribution in [-0.2, 0) is 9.59 Å². The Morgan fingerprint density at radius 1 is 1.27 bits per heavy atom. The molecule has 3 heterocycles. The Morgan fingerprint density at radius 2 is 2.08 bits per heavy atom. The fourth-order valence-corrected chi connectivity index (χ4v) is 4.15. The molecule has 0 radical (unpaired) electrons. The number of carboxylic acid groups (broad SMARTS) is 1. The molecule has 2 unspecified atom stereocenters. The molecule has 1 saturated carbocycles. The molecule has 1 amide bonds. The summed E-state index contributed by atoms with van der Waals surface area (Å²) >= 11 is 1.30. The number of amides is 1. The van der Waals surface area contributed by atoms with Gasteiger partial charge in [0.25, 0.3) is 0 Å². The Kier molecular flexibility index (Phi) is 4.37. The second kappa shape index (κ2) is 6.83. The molecule has 0 spiro atoms. The summed E-state index contributed by atoms with van der Waals surface area (Å²) in [5.41, 5.74) is 2.06.